The molecule has 16 heteroatoms. The second kappa shape index (κ2) is 16.1. The third-order valence-corrected chi connectivity index (χ3v) is 8.37. The van der Waals surface area contributed by atoms with E-state index in [1.807, 2.05) is 0 Å². The summed E-state index contributed by atoms with van der Waals surface area (Å²) in [6.07, 6.45) is -5.90. The standard InChI is InChI=1S/C28H25Cl3FNO10S/c1-40-33-12-23(32)26(42-28(37)19-8-4-17(14-35)5-9-19)24(15-41-27(36)18-6-2-16(13-34)3-7-18)43-44(38,39)25-11-21(30)20(29)10-22(25)31/h2-12,23-24,26,34-35H,13-15H2,1H3/t23-,24-,26+/m1/s1. The molecule has 0 spiro atoms. The molecule has 0 aliphatic carbocycles. The number of hydrogen-bond donors (Lipinski definition) is 2. The Labute approximate surface area is 266 Å². The first-order chi connectivity index (χ1) is 20.9. The van der Waals surface area contributed by atoms with Crippen LogP contribution in [0.2, 0.25) is 15.1 Å². The van der Waals surface area contributed by atoms with E-state index in [0.29, 0.717) is 17.3 Å². The van der Waals surface area contributed by atoms with Gasteiger partial charge in [-0.25, -0.2) is 14.0 Å². The van der Waals surface area contributed by atoms with Gasteiger partial charge in [0, 0.05) is 0 Å². The monoisotopic (exact) mass is 691 g/mol. The minimum absolute atomic E-state index is 0.00611. The van der Waals surface area contributed by atoms with Gasteiger partial charge in [0.05, 0.1) is 45.6 Å². The molecule has 0 aliphatic heterocycles. The molecule has 0 heterocycles. The molecular weight excluding hydrogens is 668 g/mol. The molecule has 0 unspecified atom stereocenters. The van der Waals surface area contributed by atoms with Crippen LogP contribution >= 0.6 is 34.8 Å². The molecule has 0 saturated carbocycles. The van der Waals surface area contributed by atoms with Crippen molar-refractivity contribution in [2.24, 2.45) is 5.16 Å². The number of esters is 2. The Bertz CT molecular complexity index is 1590. The van der Waals surface area contributed by atoms with Crippen molar-refractivity contribution in [3.05, 3.63) is 98.0 Å². The minimum atomic E-state index is -4.92. The fourth-order valence-corrected chi connectivity index (χ4v) is 5.61. The summed E-state index contributed by atoms with van der Waals surface area (Å²) < 4.78 is 58.1. The van der Waals surface area contributed by atoms with Gasteiger partial charge in [-0.15, -0.1) is 0 Å². The van der Waals surface area contributed by atoms with Crippen LogP contribution in [-0.4, -0.2) is 68.9 Å². The van der Waals surface area contributed by atoms with Gasteiger partial charge < -0.3 is 24.5 Å². The van der Waals surface area contributed by atoms with Crippen LogP contribution in [0.5, 0.6) is 0 Å². The van der Waals surface area contributed by atoms with Gasteiger partial charge in [-0.3, -0.25) is 4.18 Å². The molecule has 0 amide bonds. The normalized spacial score (nSPS) is 13.7. The lowest BCUT2D eigenvalue weighted by molar-refractivity contribution is -0.0478. The maximum Gasteiger partial charge on any atom is 0.338 e. The van der Waals surface area contributed by atoms with Crippen LogP contribution < -0.4 is 0 Å². The van der Waals surface area contributed by atoms with Gasteiger partial charge in [0.1, 0.15) is 18.6 Å². The minimum Gasteiger partial charge on any atom is -0.459 e. The van der Waals surface area contributed by atoms with E-state index in [4.69, 9.17) is 48.5 Å². The molecular formula is C28H25Cl3FNO10S. The molecule has 0 bridgehead atoms. The van der Waals surface area contributed by atoms with Gasteiger partial charge >= 0.3 is 11.9 Å². The van der Waals surface area contributed by atoms with Crippen LogP contribution in [0.15, 0.2) is 70.7 Å². The number of halogens is 4. The maximum atomic E-state index is 15.6. The van der Waals surface area contributed by atoms with E-state index in [1.54, 1.807) is 0 Å². The highest BCUT2D eigenvalue weighted by Gasteiger charge is 2.39. The molecule has 0 aromatic heterocycles. The molecule has 0 radical (unpaired) electrons. The zero-order valence-electron chi connectivity index (χ0n) is 22.7. The van der Waals surface area contributed by atoms with E-state index >= 15 is 4.39 Å². The van der Waals surface area contributed by atoms with E-state index in [-0.39, 0.29) is 34.4 Å². The van der Waals surface area contributed by atoms with Crippen molar-refractivity contribution in [1.82, 2.24) is 0 Å². The van der Waals surface area contributed by atoms with Crippen molar-refractivity contribution in [2.75, 3.05) is 13.7 Å². The number of aliphatic hydroxyl groups is 2. The molecule has 236 valence electrons. The van der Waals surface area contributed by atoms with Crippen molar-refractivity contribution < 1.29 is 51.1 Å². The Morgan fingerprint density at radius 3 is 1.93 bits per heavy atom. The zero-order chi connectivity index (χ0) is 32.4. The first-order valence-electron chi connectivity index (χ1n) is 12.5. The fraction of sp³-hybridized carbons (Fsp3) is 0.250. The van der Waals surface area contributed by atoms with Crippen molar-refractivity contribution in [3.63, 3.8) is 0 Å². The first-order valence-corrected chi connectivity index (χ1v) is 15.0. The molecule has 0 fully saturated rings. The topological polar surface area (TPSA) is 158 Å². The summed E-state index contributed by atoms with van der Waals surface area (Å²) in [5.74, 6) is -2.09. The van der Waals surface area contributed by atoms with Crippen LogP contribution in [-0.2, 0) is 41.8 Å². The van der Waals surface area contributed by atoms with Crippen molar-refractivity contribution in [3.8, 4) is 0 Å². The third kappa shape index (κ3) is 9.35. The quantitative estimate of drug-likeness (QED) is 0.0794. The number of nitrogens with zero attached hydrogens (tertiary/aromatic N) is 1. The maximum absolute atomic E-state index is 15.6. The van der Waals surface area contributed by atoms with Crippen LogP contribution in [0.3, 0.4) is 0 Å². The number of ether oxygens (including phenoxy) is 2. The number of carbonyl (C=O) groups excluding carboxylic acids is 2. The molecule has 11 nitrogen and oxygen atoms in total. The second-order valence-electron chi connectivity index (χ2n) is 8.85. The summed E-state index contributed by atoms with van der Waals surface area (Å²) in [6.45, 7) is -1.55. The van der Waals surface area contributed by atoms with Crippen molar-refractivity contribution in [1.29, 1.82) is 0 Å². The predicted octanol–water partition coefficient (Wildman–Crippen LogP) is 4.76. The summed E-state index contributed by atoms with van der Waals surface area (Å²) in [6, 6.07) is 12.9. The van der Waals surface area contributed by atoms with E-state index in [1.165, 1.54) is 48.5 Å². The van der Waals surface area contributed by atoms with E-state index < -0.39 is 57.0 Å². The van der Waals surface area contributed by atoms with Crippen LogP contribution in [0.25, 0.3) is 0 Å². The summed E-state index contributed by atoms with van der Waals surface area (Å²) in [4.78, 5) is 29.6. The Kier molecular flexibility index (Phi) is 12.9. The Balaban J connectivity index is 2.01. The van der Waals surface area contributed by atoms with Gasteiger partial charge in [0.25, 0.3) is 10.1 Å². The van der Waals surface area contributed by atoms with Gasteiger partial charge in [-0.1, -0.05) is 64.2 Å². The van der Waals surface area contributed by atoms with Gasteiger partial charge in [-0.05, 0) is 47.5 Å². The molecule has 3 rings (SSSR count). The van der Waals surface area contributed by atoms with E-state index in [2.05, 4.69) is 9.99 Å². The average molecular weight is 693 g/mol. The highest BCUT2D eigenvalue weighted by molar-refractivity contribution is 7.87. The van der Waals surface area contributed by atoms with Crippen molar-refractivity contribution >= 4 is 63.1 Å². The smallest absolute Gasteiger partial charge is 0.338 e. The zero-order valence-corrected chi connectivity index (χ0v) is 25.8. The van der Waals surface area contributed by atoms with Crippen LogP contribution in [0.1, 0.15) is 31.8 Å². The third-order valence-electron chi connectivity index (χ3n) is 5.85. The lowest BCUT2D eigenvalue weighted by atomic mass is 10.1. The average Bonchev–Trinajstić information content (AvgIpc) is 3.02. The number of benzene rings is 3. The Morgan fingerprint density at radius 2 is 1.41 bits per heavy atom. The highest BCUT2D eigenvalue weighted by atomic mass is 35.5. The summed E-state index contributed by atoms with van der Waals surface area (Å²) >= 11 is 18.0. The largest absolute Gasteiger partial charge is 0.459 e. The predicted molar refractivity (Wildman–Crippen MR) is 158 cm³/mol. The molecule has 3 aromatic rings. The number of hydrogen-bond acceptors (Lipinski definition) is 11. The van der Waals surface area contributed by atoms with Gasteiger partial charge in [-0.2, -0.15) is 8.42 Å². The molecule has 44 heavy (non-hydrogen) atoms. The Hall–Kier alpha value is -3.30. The van der Waals surface area contributed by atoms with E-state index in [9.17, 15) is 28.2 Å². The SMILES string of the molecule is CON=C[C@@H](F)[C@H](OC(=O)c1ccc(CO)cc1)[C@@H](COC(=O)c1ccc(CO)cc1)OS(=O)(=O)c1cc(Cl)c(Cl)cc1Cl. The van der Waals surface area contributed by atoms with Crippen molar-refractivity contribution in [2.45, 2.75) is 36.5 Å². The second-order valence-corrected chi connectivity index (χ2v) is 11.6. The lowest BCUT2D eigenvalue weighted by Gasteiger charge is -2.27. The number of rotatable bonds is 14. The van der Waals surface area contributed by atoms with Gasteiger partial charge in [0.15, 0.2) is 18.4 Å². The fourth-order valence-electron chi connectivity index (χ4n) is 3.56. The number of alkyl halides is 1. The molecule has 0 aliphatic rings. The number of aliphatic hydroxyl groups excluding tert-OH is 2. The molecule has 3 aromatic carbocycles. The van der Waals surface area contributed by atoms with E-state index in [0.717, 1.165) is 19.2 Å². The highest BCUT2D eigenvalue weighted by Crippen LogP contribution is 2.33. The molecule has 0 saturated heterocycles. The summed E-state index contributed by atoms with van der Waals surface area (Å²) in [5, 5.41) is 21.2. The first kappa shape index (κ1) is 35.2. The summed E-state index contributed by atoms with van der Waals surface area (Å²) in [7, 11) is -3.80. The van der Waals surface area contributed by atoms with Crippen LogP contribution in [0.4, 0.5) is 4.39 Å². The number of carbonyl (C=O) groups is 2. The van der Waals surface area contributed by atoms with Gasteiger partial charge in [0.2, 0.25) is 0 Å². The molecule has 3 atom stereocenters. The Morgan fingerprint density at radius 1 is 0.886 bits per heavy atom. The molecule has 2 N–H and O–H groups in total. The lowest BCUT2D eigenvalue weighted by Crippen LogP contribution is -2.45. The van der Waals surface area contributed by atoms with Crippen LogP contribution in [0, 0.1) is 0 Å². The summed E-state index contributed by atoms with van der Waals surface area (Å²) in [5.41, 5.74) is 0.896. The number of oxime groups is 1.